The SMILES string of the molecule is N#C[C@H](NC(=O)COc1cccc(Br)c1)c1ccc(F)cc1. The molecule has 0 fully saturated rings. The lowest BCUT2D eigenvalue weighted by Gasteiger charge is -2.12. The van der Waals surface area contributed by atoms with Crippen LogP contribution >= 0.6 is 15.9 Å². The third kappa shape index (κ3) is 4.57. The summed E-state index contributed by atoms with van der Waals surface area (Å²) in [5.41, 5.74) is 0.514. The maximum Gasteiger partial charge on any atom is 0.259 e. The number of hydrogen-bond donors (Lipinski definition) is 1. The first-order valence-corrected chi connectivity index (χ1v) is 7.20. The lowest BCUT2D eigenvalue weighted by atomic mass is 10.1. The first kappa shape index (κ1) is 16.0. The van der Waals surface area contributed by atoms with Crippen LogP contribution in [-0.2, 0) is 4.79 Å². The van der Waals surface area contributed by atoms with E-state index in [-0.39, 0.29) is 6.61 Å². The Balaban J connectivity index is 1.92. The smallest absolute Gasteiger partial charge is 0.259 e. The van der Waals surface area contributed by atoms with Gasteiger partial charge in [-0.05, 0) is 35.9 Å². The molecule has 2 aromatic carbocycles. The molecular formula is C16H12BrFN2O2. The van der Waals surface area contributed by atoms with Gasteiger partial charge in [0.15, 0.2) is 6.61 Å². The summed E-state index contributed by atoms with van der Waals surface area (Å²) in [4.78, 5) is 11.8. The quantitative estimate of drug-likeness (QED) is 0.886. The van der Waals surface area contributed by atoms with E-state index < -0.39 is 17.8 Å². The predicted octanol–water partition coefficient (Wildman–Crippen LogP) is 3.35. The molecule has 0 aliphatic carbocycles. The molecule has 1 amide bonds. The number of carbonyl (C=O) groups excluding carboxylic acids is 1. The van der Waals surface area contributed by atoms with E-state index in [1.165, 1.54) is 24.3 Å². The van der Waals surface area contributed by atoms with Crippen LogP contribution in [0.1, 0.15) is 11.6 Å². The number of nitriles is 1. The van der Waals surface area contributed by atoms with Crippen molar-refractivity contribution < 1.29 is 13.9 Å². The zero-order chi connectivity index (χ0) is 15.9. The Labute approximate surface area is 135 Å². The molecule has 0 heterocycles. The van der Waals surface area contributed by atoms with Crippen LogP contribution in [0.5, 0.6) is 5.75 Å². The number of halogens is 2. The molecule has 0 bridgehead atoms. The molecule has 0 radical (unpaired) electrons. The Bertz CT molecular complexity index is 698. The van der Waals surface area contributed by atoms with Gasteiger partial charge in [-0.1, -0.05) is 34.1 Å². The lowest BCUT2D eigenvalue weighted by Crippen LogP contribution is -2.32. The third-order valence-corrected chi connectivity index (χ3v) is 3.30. The molecule has 2 aromatic rings. The molecule has 2 rings (SSSR count). The zero-order valence-electron chi connectivity index (χ0n) is 11.4. The van der Waals surface area contributed by atoms with Gasteiger partial charge in [-0.2, -0.15) is 5.26 Å². The van der Waals surface area contributed by atoms with Crippen molar-refractivity contribution in [2.75, 3.05) is 6.61 Å². The van der Waals surface area contributed by atoms with Crippen molar-refractivity contribution >= 4 is 21.8 Å². The molecule has 0 spiro atoms. The summed E-state index contributed by atoms with van der Waals surface area (Å²) in [6.07, 6.45) is 0. The highest BCUT2D eigenvalue weighted by molar-refractivity contribution is 9.10. The topological polar surface area (TPSA) is 62.1 Å². The van der Waals surface area contributed by atoms with Crippen LogP contribution in [0.2, 0.25) is 0 Å². The molecule has 112 valence electrons. The average Bonchev–Trinajstić information content (AvgIpc) is 2.52. The van der Waals surface area contributed by atoms with Gasteiger partial charge in [-0.15, -0.1) is 0 Å². The number of nitrogens with one attached hydrogen (secondary N) is 1. The second kappa shape index (κ2) is 7.57. The Morgan fingerprint density at radius 2 is 2.05 bits per heavy atom. The van der Waals surface area contributed by atoms with E-state index in [9.17, 15) is 9.18 Å². The highest BCUT2D eigenvalue weighted by atomic mass is 79.9. The fourth-order valence-electron chi connectivity index (χ4n) is 1.75. The van der Waals surface area contributed by atoms with Crippen LogP contribution in [0, 0.1) is 17.1 Å². The predicted molar refractivity (Wildman–Crippen MR) is 82.5 cm³/mol. The van der Waals surface area contributed by atoms with Crippen molar-refractivity contribution in [2.45, 2.75) is 6.04 Å². The molecule has 22 heavy (non-hydrogen) atoms. The average molecular weight is 363 g/mol. The Kier molecular flexibility index (Phi) is 5.50. The van der Waals surface area contributed by atoms with Crippen LogP contribution in [-0.4, -0.2) is 12.5 Å². The van der Waals surface area contributed by atoms with Crippen molar-refractivity contribution in [1.82, 2.24) is 5.32 Å². The number of nitrogens with zero attached hydrogens (tertiary/aromatic N) is 1. The van der Waals surface area contributed by atoms with Crippen molar-refractivity contribution in [3.63, 3.8) is 0 Å². The van der Waals surface area contributed by atoms with Gasteiger partial charge in [-0.3, -0.25) is 4.79 Å². The maximum absolute atomic E-state index is 12.9. The summed E-state index contributed by atoms with van der Waals surface area (Å²) in [6.45, 7) is -0.212. The van der Waals surface area contributed by atoms with Crippen LogP contribution < -0.4 is 10.1 Å². The lowest BCUT2D eigenvalue weighted by molar-refractivity contribution is -0.123. The summed E-state index contributed by atoms with van der Waals surface area (Å²) in [6, 6.07) is 13.6. The van der Waals surface area contributed by atoms with Crippen LogP contribution in [0.4, 0.5) is 4.39 Å². The van der Waals surface area contributed by atoms with Crippen molar-refractivity contribution in [2.24, 2.45) is 0 Å². The van der Waals surface area contributed by atoms with Gasteiger partial charge in [0.2, 0.25) is 0 Å². The first-order chi connectivity index (χ1) is 10.6. The van der Waals surface area contributed by atoms with Gasteiger partial charge in [0.25, 0.3) is 5.91 Å². The van der Waals surface area contributed by atoms with E-state index >= 15 is 0 Å². The maximum atomic E-state index is 12.9. The van der Waals surface area contributed by atoms with Gasteiger partial charge < -0.3 is 10.1 Å². The molecule has 0 aromatic heterocycles. The largest absolute Gasteiger partial charge is 0.484 e. The highest BCUT2D eigenvalue weighted by Crippen LogP contribution is 2.18. The molecule has 4 nitrogen and oxygen atoms in total. The summed E-state index contributed by atoms with van der Waals surface area (Å²) in [5, 5.41) is 11.6. The fourth-order valence-corrected chi connectivity index (χ4v) is 2.13. The van der Waals surface area contributed by atoms with E-state index in [4.69, 9.17) is 10.00 Å². The number of rotatable bonds is 5. The molecule has 0 saturated carbocycles. The molecular weight excluding hydrogens is 351 g/mol. The van der Waals surface area contributed by atoms with E-state index in [0.717, 1.165) is 4.47 Å². The van der Waals surface area contributed by atoms with Gasteiger partial charge in [0, 0.05) is 4.47 Å². The Morgan fingerprint density at radius 1 is 1.32 bits per heavy atom. The van der Waals surface area contributed by atoms with Gasteiger partial charge >= 0.3 is 0 Å². The number of ether oxygens (including phenoxy) is 1. The first-order valence-electron chi connectivity index (χ1n) is 6.41. The van der Waals surface area contributed by atoms with E-state index in [2.05, 4.69) is 21.2 Å². The monoisotopic (exact) mass is 362 g/mol. The van der Waals surface area contributed by atoms with Crippen molar-refractivity contribution in [3.8, 4) is 11.8 Å². The number of amides is 1. The van der Waals surface area contributed by atoms with Crippen LogP contribution in [0.15, 0.2) is 53.0 Å². The summed E-state index contributed by atoms with van der Waals surface area (Å²) < 4.78 is 19.0. The fraction of sp³-hybridized carbons (Fsp3) is 0.125. The number of hydrogen-bond acceptors (Lipinski definition) is 3. The van der Waals surface area contributed by atoms with Gasteiger partial charge in [-0.25, -0.2) is 4.39 Å². The molecule has 1 N–H and O–H groups in total. The third-order valence-electron chi connectivity index (χ3n) is 2.80. The summed E-state index contributed by atoms with van der Waals surface area (Å²) >= 11 is 3.30. The van der Waals surface area contributed by atoms with Crippen LogP contribution in [0.25, 0.3) is 0 Å². The van der Waals surface area contributed by atoms with Gasteiger partial charge in [0.1, 0.15) is 17.6 Å². The number of carbonyl (C=O) groups is 1. The second-order valence-corrected chi connectivity index (χ2v) is 5.34. The molecule has 0 saturated heterocycles. The Hall–Kier alpha value is -2.39. The summed E-state index contributed by atoms with van der Waals surface area (Å²) in [7, 11) is 0. The highest BCUT2D eigenvalue weighted by Gasteiger charge is 2.14. The zero-order valence-corrected chi connectivity index (χ0v) is 13.0. The minimum Gasteiger partial charge on any atom is -0.484 e. The van der Waals surface area contributed by atoms with E-state index in [0.29, 0.717) is 11.3 Å². The van der Waals surface area contributed by atoms with E-state index in [1.807, 2.05) is 12.1 Å². The minimum absolute atomic E-state index is 0.212. The Morgan fingerprint density at radius 3 is 2.68 bits per heavy atom. The summed E-state index contributed by atoms with van der Waals surface area (Å²) in [5.74, 6) is -0.291. The molecule has 1 atom stereocenters. The minimum atomic E-state index is -0.848. The molecule has 6 heteroatoms. The van der Waals surface area contributed by atoms with Crippen LogP contribution in [0.3, 0.4) is 0 Å². The van der Waals surface area contributed by atoms with E-state index in [1.54, 1.807) is 18.2 Å². The number of benzene rings is 2. The normalized spacial score (nSPS) is 11.3. The molecule has 0 aliphatic heterocycles. The molecule has 0 unspecified atom stereocenters. The second-order valence-electron chi connectivity index (χ2n) is 4.43. The van der Waals surface area contributed by atoms with Crippen molar-refractivity contribution in [1.29, 1.82) is 5.26 Å². The standard InChI is InChI=1S/C16H12BrFN2O2/c17-12-2-1-3-14(8-12)22-10-16(21)20-15(9-19)11-4-6-13(18)7-5-11/h1-8,15H,10H2,(H,20,21)/t15-/m0/s1. The van der Waals surface area contributed by atoms with Crippen molar-refractivity contribution in [3.05, 3.63) is 64.4 Å². The molecule has 0 aliphatic rings. The van der Waals surface area contributed by atoms with Gasteiger partial charge in [0.05, 0.1) is 6.07 Å².